The van der Waals surface area contributed by atoms with Gasteiger partial charge in [0.1, 0.15) is 11.6 Å². The first-order chi connectivity index (χ1) is 6.15. The van der Waals surface area contributed by atoms with Gasteiger partial charge in [-0.25, -0.2) is 4.39 Å². The Kier molecular flexibility index (Phi) is 3.75. The van der Waals surface area contributed by atoms with Gasteiger partial charge < -0.3 is 5.11 Å². The van der Waals surface area contributed by atoms with Crippen LogP contribution in [0.4, 0.5) is 4.39 Å². The van der Waals surface area contributed by atoms with Gasteiger partial charge in [0, 0.05) is 10.9 Å². The van der Waals surface area contributed by atoms with E-state index in [2.05, 4.69) is 15.9 Å². The number of hydrogen-bond donors (Lipinski definition) is 1. The van der Waals surface area contributed by atoms with Gasteiger partial charge in [-0.05, 0) is 12.1 Å². The molecule has 1 N–H and O–H groups in total. The number of hydrogen-bond acceptors (Lipinski definition) is 1. The number of rotatable bonds is 2. The Morgan fingerprint density at radius 3 is 2.85 bits per heavy atom. The molecule has 0 fully saturated rings. The van der Waals surface area contributed by atoms with E-state index in [0.29, 0.717) is 10.9 Å². The molecule has 1 rings (SSSR count). The number of aromatic hydroxyl groups is 1. The summed E-state index contributed by atoms with van der Waals surface area (Å²) in [6.07, 6.45) is 3.34. The average Bonchev–Trinajstić information content (AvgIpc) is 2.09. The lowest BCUT2D eigenvalue weighted by molar-refractivity contribution is 0.472. The Hall–Kier alpha value is -0.540. The topological polar surface area (TPSA) is 20.2 Å². The van der Waals surface area contributed by atoms with Crippen molar-refractivity contribution >= 4 is 33.6 Å². The molecule has 0 unspecified atom stereocenters. The summed E-state index contributed by atoms with van der Waals surface area (Å²) in [4.78, 5) is 0. The van der Waals surface area contributed by atoms with Crippen molar-refractivity contribution in [2.24, 2.45) is 0 Å². The molecule has 0 atom stereocenters. The van der Waals surface area contributed by atoms with Crippen molar-refractivity contribution in [2.45, 2.75) is 0 Å². The van der Waals surface area contributed by atoms with Crippen LogP contribution in [-0.2, 0) is 0 Å². The number of phenolic OH excluding ortho intramolecular Hbond substituents is 1. The van der Waals surface area contributed by atoms with E-state index < -0.39 is 5.82 Å². The van der Waals surface area contributed by atoms with Crippen LogP contribution in [-0.4, -0.2) is 10.4 Å². The molecule has 1 nitrogen and oxygen atoms in total. The van der Waals surface area contributed by atoms with Crippen molar-refractivity contribution in [3.05, 3.63) is 34.6 Å². The third-order valence-electron chi connectivity index (χ3n) is 1.44. The van der Waals surface area contributed by atoms with E-state index in [1.54, 1.807) is 12.2 Å². The maximum atomic E-state index is 12.8. The zero-order valence-electron chi connectivity index (χ0n) is 6.60. The Morgan fingerprint density at radius 2 is 2.23 bits per heavy atom. The molecule has 0 bridgehead atoms. The van der Waals surface area contributed by atoms with Crippen LogP contribution in [0, 0.1) is 5.82 Å². The highest BCUT2D eigenvalue weighted by atomic mass is 79.9. The fraction of sp³-hybridized carbons (Fsp3) is 0.111. The molecular formula is C9H7BrClFO. The fourth-order valence-corrected chi connectivity index (χ4v) is 1.28. The third kappa shape index (κ3) is 2.71. The van der Waals surface area contributed by atoms with Crippen molar-refractivity contribution in [1.82, 2.24) is 0 Å². The van der Waals surface area contributed by atoms with Gasteiger partial charge in [-0.15, -0.1) is 0 Å². The SMILES string of the molecule is Oc1c(Cl)cc(F)cc1C=CCBr. The first-order valence-corrected chi connectivity index (χ1v) is 5.05. The number of benzene rings is 1. The number of phenols is 1. The van der Waals surface area contributed by atoms with Gasteiger partial charge in [-0.3, -0.25) is 0 Å². The number of halogens is 3. The smallest absolute Gasteiger partial charge is 0.141 e. The summed E-state index contributed by atoms with van der Waals surface area (Å²) in [6.45, 7) is 0. The van der Waals surface area contributed by atoms with Gasteiger partial charge in [0.05, 0.1) is 5.02 Å². The first-order valence-electron chi connectivity index (χ1n) is 3.55. The monoisotopic (exact) mass is 264 g/mol. The highest BCUT2D eigenvalue weighted by molar-refractivity contribution is 9.09. The van der Waals surface area contributed by atoms with Crippen LogP contribution in [0.25, 0.3) is 6.08 Å². The quantitative estimate of drug-likeness (QED) is 0.810. The van der Waals surface area contributed by atoms with Crippen molar-refractivity contribution in [3.63, 3.8) is 0 Å². The second kappa shape index (κ2) is 4.63. The zero-order chi connectivity index (χ0) is 9.84. The van der Waals surface area contributed by atoms with E-state index in [1.165, 1.54) is 6.07 Å². The van der Waals surface area contributed by atoms with Crippen LogP contribution in [0.2, 0.25) is 5.02 Å². The van der Waals surface area contributed by atoms with Crippen LogP contribution in [0.1, 0.15) is 5.56 Å². The predicted molar refractivity (Wildman–Crippen MR) is 55.9 cm³/mol. The number of alkyl halides is 1. The summed E-state index contributed by atoms with van der Waals surface area (Å²) in [7, 11) is 0. The Morgan fingerprint density at radius 1 is 1.54 bits per heavy atom. The summed E-state index contributed by atoms with van der Waals surface area (Å²) in [6, 6.07) is 2.29. The predicted octanol–water partition coefficient (Wildman–Crippen LogP) is 3.59. The maximum Gasteiger partial charge on any atom is 0.141 e. The lowest BCUT2D eigenvalue weighted by Gasteiger charge is -2.01. The van der Waals surface area contributed by atoms with Crippen LogP contribution in [0.5, 0.6) is 5.75 Å². The van der Waals surface area contributed by atoms with Crippen LogP contribution in [0.3, 0.4) is 0 Å². The summed E-state index contributed by atoms with van der Waals surface area (Å²) < 4.78 is 12.8. The molecule has 0 aliphatic heterocycles. The lowest BCUT2D eigenvalue weighted by Crippen LogP contribution is -1.80. The summed E-state index contributed by atoms with van der Waals surface area (Å²) in [5.74, 6) is -0.558. The summed E-state index contributed by atoms with van der Waals surface area (Å²) in [5.41, 5.74) is 0.379. The molecule has 0 heterocycles. The van der Waals surface area contributed by atoms with E-state index in [9.17, 15) is 9.50 Å². The van der Waals surface area contributed by atoms with Gasteiger partial charge >= 0.3 is 0 Å². The molecule has 0 amide bonds. The largest absolute Gasteiger partial charge is 0.506 e. The van der Waals surface area contributed by atoms with E-state index >= 15 is 0 Å². The van der Waals surface area contributed by atoms with Crippen LogP contribution in [0.15, 0.2) is 18.2 Å². The Bertz CT molecular complexity index is 339. The first kappa shape index (κ1) is 10.5. The molecule has 4 heteroatoms. The van der Waals surface area contributed by atoms with E-state index in [0.717, 1.165) is 6.07 Å². The Balaban J connectivity index is 3.12. The van der Waals surface area contributed by atoms with Gasteiger partial charge in [-0.1, -0.05) is 39.7 Å². The standard InChI is InChI=1S/C9H7BrClFO/c10-3-1-2-6-4-7(12)5-8(11)9(6)13/h1-2,4-5,13H,3H2. The summed E-state index contributed by atoms with van der Waals surface area (Å²) >= 11 is 8.74. The summed E-state index contributed by atoms with van der Waals surface area (Å²) in [5, 5.41) is 10.0. The van der Waals surface area contributed by atoms with Crippen LogP contribution < -0.4 is 0 Å². The highest BCUT2D eigenvalue weighted by Crippen LogP contribution is 2.29. The van der Waals surface area contributed by atoms with Crippen molar-refractivity contribution in [1.29, 1.82) is 0 Å². The Labute approximate surface area is 89.0 Å². The molecular weight excluding hydrogens is 258 g/mol. The normalized spacial score (nSPS) is 11.0. The van der Waals surface area contributed by atoms with Crippen molar-refractivity contribution in [2.75, 3.05) is 5.33 Å². The minimum Gasteiger partial charge on any atom is -0.506 e. The van der Waals surface area contributed by atoms with E-state index in [1.807, 2.05) is 0 Å². The zero-order valence-corrected chi connectivity index (χ0v) is 8.94. The molecule has 0 saturated carbocycles. The molecule has 13 heavy (non-hydrogen) atoms. The average molecular weight is 266 g/mol. The molecule has 0 radical (unpaired) electrons. The molecule has 1 aromatic carbocycles. The molecule has 70 valence electrons. The van der Waals surface area contributed by atoms with Crippen molar-refractivity contribution in [3.8, 4) is 5.75 Å². The highest BCUT2D eigenvalue weighted by Gasteiger charge is 2.05. The second-order valence-corrected chi connectivity index (χ2v) is 3.44. The van der Waals surface area contributed by atoms with Gasteiger partial charge in [0.15, 0.2) is 0 Å². The van der Waals surface area contributed by atoms with Gasteiger partial charge in [0.25, 0.3) is 0 Å². The molecule has 0 saturated heterocycles. The van der Waals surface area contributed by atoms with Crippen molar-refractivity contribution < 1.29 is 9.50 Å². The van der Waals surface area contributed by atoms with Gasteiger partial charge in [-0.2, -0.15) is 0 Å². The third-order valence-corrected chi connectivity index (χ3v) is 2.11. The maximum absolute atomic E-state index is 12.8. The molecule has 0 aromatic heterocycles. The fourth-order valence-electron chi connectivity index (χ4n) is 0.884. The molecule has 0 spiro atoms. The van der Waals surface area contributed by atoms with E-state index in [-0.39, 0.29) is 10.8 Å². The molecule has 0 aliphatic carbocycles. The second-order valence-electron chi connectivity index (χ2n) is 2.38. The number of allylic oxidation sites excluding steroid dienone is 1. The molecule has 0 aliphatic rings. The minimum absolute atomic E-state index is 0.0224. The van der Waals surface area contributed by atoms with Gasteiger partial charge in [0.2, 0.25) is 0 Å². The minimum atomic E-state index is -0.461. The lowest BCUT2D eigenvalue weighted by atomic mass is 10.2. The molecule has 1 aromatic rings. The van der Waals surface area contributed by atoms with E-state index in [4.69, 9.17) is 11.6 Å². The van der Waals surface area contributed by atoms with Crippen LogP contribution >= 0.6 is 27.5 Å².